The standard InChI is InChI=1S/C17H23N3O2/c1-12-7-13-14-8-18-5-2-3-15(14)20(16(13)9-19-12)10-17(21)4-6-22-11-17/h7,9,18,21H,2-6,8,10-11H2,1H3. The van der Waals surface area contributed by atoms with Crippen molar-refractivity contribution in [2.45, 2.75) is 44.9 Å². The van der Waals surface area contributed by atoms with Gasteiger partial charge in [-0.1, -0.05) is 0 Å². The molecule has 0 amide bonds. The normalized spacial score (nSPS) is 25.4. The molecule has 5 nitrogen and oxygen atoms in total. The second-order valence-corrected chi connectivity index (χ2v) is 6.66. The maximum absolute atomic E-state index is 10.8. The lowest BCUT2D eigenvalue weighted by Crippen LogP contribution is -2.35. The van der Waals surface area contributed by atoms with Crippen molar-refractivity contribution in [2.75, 3.05) is 19.8 Å². The van der Waals surface area contributed by atoms with Gasteiger partial charge in [0.2, 0.25) is 0 Å². The Labute approximate surface area is 130 Å². The predicted octanol–water partition coefficient (Wildman–Crippen LogP) is 1.53. The average molecular weight is 301 g/mol. The van der Waals surface area contributed by atoms with Crippen LogP contribution in [0.3, 0.4) is 0 Å². The van der Waals surface area contributed by atoms with E-state index in [1.807, 2.05) is 13.1 Å². The molecule has 2 aromatic heterocycles. The SMILES string of the molecule is Cc1cc2c3c(n(CC4(O)CCOC4)c2cn1)CCCNC3. The highest BCUT2D eigenvalue weighted by atomic mass is 16.5. The van der Waals surface area contributed by atoms with Crippen LogP contribution in [0, 0.1) is 6.92 Å². The lowest BCUT2D eigenvalue weighted by Gasteiger charge is -2.23. The van der Waals surface area contributed by atoms with Crippen molar-refractivity contribution in [3.8, 4) is 0 Å². The fourth-order valence-electron chi connectivity index (χ4n) is 3.75. The van der Waals surface area contributed by atoms with Gasteiger partial charge in [-0.25, -0.2) is 0 Å². The van der Waals surface area contributed by atoms with Crippen LogP contribution in [0.25, 0.3) is 10.9 Å². The summed E-state index contributed by atoms with van der Waals surface area (Å²) in [6.45, 7) is 5.66. The summed E-state index contributed by atoms with van der Waals surface area (Å²) in [4.78, 5) is 4.48. The van der Waals surface area contributed by atoms with E-state index in [0.717, 1.165) is 37.1 Å². The highest BCUT2D eigenvalue weighted by Gasteiger charge is 2.34. The Kier molecular flexibility index (Phi) is 3.44. The molecule has 0 bridgehead atoms. The highest BCUT2D eigenvalue weighted by Crippen LogP contribution is 2.31. The molecule has 5 heteroatoms. The zero-order chi connectivity index (χ0) is 15.2. The number of ether oxygens (including phenoxy) is 1. The van der Waals surface area contributed by atoms with E-state index in [9.17, 15) is 5.11 Å². The molecular formula is C17H23N3O2. The molecule has 0 aromatic carbocycles. The first kappa shape index (κ1) is 14.2. The number of aryl methyl sites for hydroxylation is 1. The smallest absolute Gasteiger partial charge is 0.108 e. The maximum Gasteiger partial charge on any atom is 0.108 e. The lowest BCUT2D eigenvalue weighted by atomic mass is 10.0. The number of aliphatic hydroxyl groups is 1. The van der Waals surface area contributed by atoms with E-state index in [1.165, 1.54) is 16.6 Å². The van der Waals surface area contributed by atoms with Crippen LogP contribution in [0.1, 0.15) is 29.8 Å². The monoisotopic (exact) mass is 301 g/mol. The molecule has 2 N–H and O–H groups in total. The summed E-state index contributed by atoms with van der Waals surface area (Å²) in [6, 6.07) is 2.17. The van der Waals surface area contributed by atoms with Crippen molar-refractivity contribution in [3.05, 3.63) is 29.2 Å². The van der Waals surface area contributed by atoms with E-state index in [1.54, 1.807) is 0 Å². The van der Waals surface area contributed by atoms with Crippen LogP contribution in [0.4, 0.5) is 0 Å². The van der Waals surface area contributed by atoms with Gasteiger partial charge in [0.25, 0.3) is 0 Å². The molecule has 1 saturated heterocycles. The predicted molar refractivity (Wildman–Crippen MR) is 84.9 cm³/mol. The van der Waals surface area contributed by atoms with Gasteiger partial charge in [0, 0.05) is 36.3 Å². The first-order valence-electron chi connectivity index (χ1n) is 8.14. The van der Waals surface area contributed by atoms with Gasteiger partial charge in [-0.05, 0) is 37.9 Å². The molecule has 2 aliphatic rings. The van der Waals surface area contributed by atoms with E-state index in [4.69, 9.17) is 4.74 Å². The summed E-state index contributed by atoms with van der Waals surface area (Å²) in [6.07, 6.45) is 4.84. The third-order valence-corrected chi connectivity index (χ3v) is 4.91. The largest absolute Gasteiger partial charge is 0.386 e. The van der Waals surface area contributed by atoms with E-state index in [-0.39, 0.29) is 0 Å². The molecule has 0 saturated carbocycles. The van der Waals surface area contributed by atoms with Gasteiger partial charge in [-0.3, -0.25) is 4.98 Å². The van der Waals surface area contributed by atoms with E-state index < -0.39 is 5.60 Å². The molecule has 4 rings (SSSR count). The summed E-state index contributed by atoms with van der Waals surface area (Å²) in [5.41, 5.74) is 4.16. The molecule has 1 atom stereocenters. The van der Waals surface area contributed by atoms with Gasteiger partial charge < -0.3 is 19.7 Å². The van der Waals surface area contributed by atoms with Gasteiger partial charge in [0.05, 0.1) is 24.9 Å². The van der Waals surface area contributed by atoms with Crippen molar-refractivity contribution in [1.82, 2.24) is 14.9 Å². The van der Waals surface area contributed by atoms with Gasteiger partial charge >= 0.3 is 0 Å². The van der Waals surface area contributed by atoms with E-state index in [2.05, 4.69) is 20.9 Å². The number of aromatic nitrogens is 2. The van der Waals surface area contributed by atoms with Crippen molar-refractivity contribution in [1.29, 1.82) is 0 Å². The Hall–Kier alpha value is -1.43. The Balaban J connectivity index is 1.86. The first-order valence-corrected chi connectivity index (χ1v) is 8.14. The van der Waals surface area contributed by atoms with E-state index in [0.29, 0.717) is 26.2 Å². The Morgan fingerprint density at radius 2 is 2.41 bits per heavy atom. The minimum atomic E-state index is -0.746. The second kappa shape index (κ2) is 5.33. The summed E-state index contributed by atoms with van der Waals surface area (Å²) >= 11 is 0. The third-order valence-electron chi connectivity index (χ3n) is 4.91. The minimum Gasteiger partial charge on any atom is -0.386 e. The quantitative estimate of drug-likeness (QED) is 0.883. The lowest BCUT2D eigenvalue weighted by molar-refractivity contribution is 0.0122. The Bertz CT molecular complexity index is 701. The summed E-state index contributed by atoms with van der Waals surface area (Å²) in [5.74, 6) is 0. The minimum absolute atomic E-state index is 0.430. The number of rotatable bonds is 2. The molecule has 22 heavy (non-hydrogen) atoms. The van der Waals surface area contributed by atoms with Crippen LogP contribution < -0.4 is 5.32 Å². The molecule has 0 spiro atoms. The topological polar surface area (TPSA) is 59.3 Å². The Morgan fingerprint density at radius 3 is 3.23 bits per heavy atom. The van der Waals surface area contributed by atoms with Gasteiger partial charge in [0.15, 0.2) is 0 Å². The fourth-order valence-corrected chi connectivity index (χ4v) is 3.75. The van der Waals surface area contributed by atoms with Crippen LogP contribution in [0.2, 0.25) is 0 Å². The zero-order valence-electron chi connectivity index (χ0n) is 13.1. The summed E-state index contributed by atoms with van der Waals surface area (Å²) in [7, 11) is 0. The summed E-state index contributed by atoms with van der Waals surface area (Å²) < 4.78 is 7.71. The van der Waals surface area contributed by atoms with Gasteiger partial charge in [0.1, 0.15) is 5.60 Å². The maximum atomic E-state index is 10.8. The molecule has 1 unspecified atom stereocenters. The van der Waals surface area contributed by atoms with Crippen LogP contribution in [0.15, 0.2) is 12.3 Å². The molecule has 4 heterocycles. The molecule has 2 aromatic rings. The number of nitrogens with one attached hydrogen (secondary N) is 1. The van der Waals surface area contributed by atoms with Gasteiger partial charge in [-0.15, -0.1) is 0 Å². The average Bonchev–Trinajstić information content (AvgIpc) is 2.93. The van der Waals surface area contributed by atoms with Crippen LogP contribution >= 0.6 is 0 Å². The third kappa shape index (κ3) is 2.33. The molecule has 118 valence electrons. The van der Waals surface area contributed by atoms with Crippen molar-refractivity contribution < 1.29 is 9.84 Å². The van der Waals surface area contributed by atoms with Crippen molar-refractivity contribution >= 4 is 10.9 Å². The second-order valence-electron chi connectivity index (χ2n) is 6.66. The van der Waals surface area contributed by atoms with Crippen LogP contribution in [0.5, 0.6) is 0 Å². The Morgan fingerprint density at radius 1 is 1.50 bits per heavy atom. The number of hydrogen-bond acceptors (Lipinski definition) is 4. The number of pyridine rings is 1. The number of hydrogen-bond donors (Lipinski definition) is 2. The van der Waals surface area contributed by atoms with Crippen LogP contribution in [-0.4, -0.2) is 40.0 Å². The van der Waals surface area contributed by atoms with Gasteiger partial charge in [-0.2, -0.15) is 0 Å². The summed E-state index contributed by atoms with van der Waals surface area (Å²) in [5, 5.41) is 15.6. The fraction of sp³-hybridized carbons (Fsp3) is 0.588. The van der Waals surface area contributed by atoms with Crippen molar-refractivity contribution in [2.24, 2.45) is 0 Å². The first-order chi connectivity index (χ1) is 10.7. The van der Waals surface area contributed by atoms with Crippen molar-refractivity contribution in [3.63, 3.8) is 0 Å². The number of nitrogens with zero attached hydrogens (tertiary/aromatic N) is 2. The van der Waals surface area contributed by atoms with E-state index >= 15 is 0 Å². The number of fused-ring (bicyclic) bond motifs is 3. The molecular weight excluding hydrogens is 278 g/mol. The highest BCUT2D eigenvalue weighted by molar-refractivity contribution is 5.85. The molecule has 0 aliphatic carbocycles. The molecule has 2 aliphatic heterocycles. The van der Waals surface area contributed by atoms with Crippen LogP contribution in [-0.2, 0) is 24.2 Å². The molecule has 0 radical (unpaired) electrons. The zero-order valence-corrected chi connectivity index (χ0v) is 13.1. The molecule has 1 fully saturated rings.